The van der Waals surface area contributed by atoms with Gasteiger partial charge in [0.1, 0.15) is 0 Å². The molecule has 1 aliphatic carbocycles. The standard InChI is InChI=1S/C37H26/c1-3-13-26(14-4-1)30-18-9-10-21-33(30)29-24-35-32-20-8-7-17-28(32)23-37(35)36(25-29)34-22-12-11-19-31(34)27-15-5-2-6-16-27/h1-22,24-25H,23H2. The van der Waals surface area contributed by atoms with E-state index in [0.29, 0.717) is 0 Å². The van der Waals surface area contributed by atoms with Gasteiger partial charge in [0.05, 0.1) is 0 Å². The normalized spacial score (nSPS) is 11.7. The summed E-state index contributed by atoms with van der Waals surface area (Å²) in [4.78, 5) is 0. The average molecular weight is 471 g/mol. The minimum atomic E-state index is 0.963. The van der Waals surface area contributed by atoms with Crippen LogP contribution in [0.15, 0.2) is 146 Å². The molecule has 0 aromatic heterocycles. The summed E-state index contributed by atoms with van der Waals surface area (Å²) in [6.45, 7) is 0. The number of hydrogen-bond donors (Lipinski definition) is 0. The van der Waals surface area contributed by atoms with Gasteiger partial charge < -0.3 is 0 Å². The summed E-state index contributed by atoms with van der Waals surface area (Å²) < 4.78 is 0. The van der Waals surface area contributed by atoms with E-state index in [1.165, 1.54) is 66.8 Å². The lowest BCUT2D eigenvalue weighted by atomic mass is 9.86. The van der Waals surface area contributed by atoms with Crippen molar-refractivity contribution in [1.82, 2.24) is 0 Å². The van der Waals surface area contributed by atoms with Crippen LogP contribution in [0.25, 0.3) is 55.6 Å². The highest BCUT2D eigenvalue weighted by Crippen LogP contribution is 2.47. The van der Waals surface area contributed by atoms with Gasteiger partial charge in [-0.1, -0.05) is 133 Å². The largest absolute Gasteiger partial charge is 0.0622 e. The number of benzene rings is 6. The van der Waals surface area contributed by atoms with Gasteiger partial charge in [0.25, 0.3) is 0 Å². The van der Waals surface area contributed by atoms with E-state index >= 15 is 0 Å². The van der Waals surface area contributed by atoms with Gasteiger partial charge in [0.15, 0.2) is 0 Å². The Labute approximate surface area is 218 Å². The summed E-state index contributed by atoms with van der Waals surface area (Å²) in [5.41, 5.74) is 15.7. The molecule has 0 saturated heterocycles. The zero-order chi connectivity index (χ0) is 24.6. The molecule has 7 rings (SSSR count). The third-order valence-corrected chi connectivity index (χ3v) is 7.55. The van der Waals surface area contributed by atoms with Crippen molar-refractivity contribution in [2.45, 2.75) is 6.42 Å². The Morgan fingerprint density at radius 2 is 0.703 bits per heavy atom. The lowest BCUT2D eigenvalue weighted by molar-refractivity contribution is 1.26. The number of hydrogen-bond acceptors (Lipinski definition) is 0. The fourth-order valence-corrected chi connectivity index (χ4v) is 5.82. The second-order valence-corrected chi connectivity index (χ2v) is 9.71. The molecule has 0 fully saturated rings. The molecule has 174 valence electrons. The Hall–Kier alpha value is -4.68. The monoisotopic (exact) mass is 470 g/mol. The molecule has 1 aliphatic rings. The van der Waals surface area contributed by atoms with Crippen LogP contribution in [0.4, 0.5) is 0 Å². The van der Waals surface area contributed by atoms with Crippen LogP contribution < -0.4 is 0 Å². The zero-order valence-electron chi connectivity index (χ0n) is 20.6. The fourth-order valence-electron chi connectivity index (χ4n) is 5.82. The molecule has 0 heterocycles. The highest BCUT2D eigenvalue weighted by atomic mass is 14.3. The van der Waals surface area contributed by atoms with Gasteiger partial charge in [-0.2, -0.15) is 0 Å². The molecule has 0 heteroatoms. The van der Waals surface area contributed by atoms with Gasteiger partial charge in [0, 0.05) is 0 Å². The van der Waals surface area contributed by atoms with E-state index in [1.807, 2.05) is 0 Å². The first kappa shape index (κ1) is 21.6. The maximum atomic E-state index is 2.42. The molecule has 6 aromatic carbocycles. The number of fused-ring (bicyclic) bond motifs is 3. The summed E-state index contributed by atoms with van der Waals surface area (Å²) in [6.07, 6.45) is 0.963. The van der Waals surface area contributed by atoms with Crippen LogP contribution in [0.1, 0.15) is 11.1 Å². The Bertz CT molecular complexity index is 1730. The van der Waals surface area contributed by atoms with Crippen molar-refractivity contribution in [3.05, 3.63) is 157 Å². The van der Waals surface area contributed by atoms with Crippen molar-refractivity contribution in [2.75, 3.05) is 0 Å². The first-order valence-corrected chi connectivity index (χ1v) is 12.9. The molecule has 0 saturated carbocycles. The van der Waals surface area contributed by atoms with Crippen LogP contribution in [-0.4, -0.2) is 0 Å². The van der Waals surface area contributed by atoms with Gasteiger partial charge in [-0.05, 0) is 85.3 Å². The smallest absolute Gasteiger partial charge is 0.000727 e. The van der Waals surface area contributed by atoms with E-state index < -0.39 is 0 Å². The van der Waals surface area contributed by atoms with Crippen LogP contribution in [0.5, 0.6) is 0 Å². The van der Waals surface area contributed by atoms with Gasteiger partial charge in [-0.25, -0.2) is 0 Å². The Balaban J connectivity index is 1.51. The van der Waals surface area contributed by atoms with Crippen LogP contribution in [0.3, 0.4) is 0 Å². The third-order valence-electron chi connectivity index (χ3n) is 7.55. The summed E-state index contributed by atoms with van der Waals surface area (Å²) in [5.74, 6) is 0. The van der Waals surface area contributed by atoms with Gasteiger partial charge in [-0.3, -0.25) is 0 Å². The van der Waals surface area contributed by atoms with Gasteiger partial charge >= 0.3 is 0 Å². The highest BCUT2D eigenvalue weighted by molar-refractivity contribution is 5.95. The summed E-state index contributed by atoms with van der Waals surface area (Å²) in [7, 11) is 0. The van der Waals surface area contributed by atoms with E-state index in [1.54, 1.807) is 0 Å². The maximum Gasteiger partial charge on any atom is -0.000727 e. The molecule has 0 bridgehead atoms. The van der Waals surface area contributed by atoms with E-state index in [4.69, 9.17) is 0 Å². The molecule has 0 N–H and O–H groups in total. The third kappa shape index (κ3) is 3.79. The minimum Gasteiger partial charge on any atom is -0.0622 e. The SMILES string of the molecule is c1ccc(-c2ccccc2-c2cc3c(c(-c4ccccc4-c4ccccc4)c2)Cc2ccccc2-3)cc1. The maximum absolute atomic E-state index is 2.42. The molecule has 0 atom stereocenters. The topological polar surface area (TPSA) is 0 Å². The minimum absolute atomic E-state index is 0.963. The molecular weight excluding hydrogens is 444 g/mol. The summed E-state index contributed by atoms with van der Waals surface area (Å²) in [6, 6.07) is 52.8. The summed E-state index contributed by atoms with van der Waals surface area (Å²) in [5, 5.41) is 0. The Morgan fingerprint density at radius 3 is 1.30 bits per heavy atom. The first-order chi connectivity index (χ1) is 18.4. The molecule has 0 spiro atoms. The molecule has 0 nitrogen and oxygen atoms in total. The van der Waals surface area contributed by atoms with Crippen molar-refractivity contribution in [2.24, 2.45) is 0 Å². The van der Waals surface area contributed by atoms with Crippen LogP contribution >= 0.6 is 0 Å². The Morgan fingerprint density at radius 1 is 0.297 bits per heavy atom. The molecule has 37 heavy (non-hydrogen) atoms. The quantitative estimate of drug-likeness (QED) is 0.240. The van der Waals surface area contributed by atoms with E-state index in [-0.39, 0.29) is 0 Å². The Kier molecular flexibility index (Phi) is 5.30. The molecule has 6 aromatic rings. The van der Waals surface area contributed by atoms with Crippen molar-refractivity contribution in [3.8, 4) is 55.6 Å². The fraction of sp³-hybridized carbons (Fsp3) is 0.0270. The lowest BCUT2D eigenvalue weighted by Crippen LogP contribution is -1.94. The molecule has 0 radical (unpaired) electrons. The van der Waals surface area contributed by atoms with Crippen molar-refractivity contribution in [1.29, 1.82) is 0 Å². The summed E-state index contributed by atoms with van der Waals surface area (Å²) >= 11 is 0. The van der Waals surface area contributed by atoms with E-state index in [9.17, 15) is 0 Å². The van der Waals surface area contributed by atoms with Crippen molar-refractivity contribution >= 4 is 0 Å². The van der Waals surface area contributed by atoms with E-state index in [2.05, 4.69) is 146 Å². The second kappa shape index (κ2) is 9.08. The molecule has 0 unspecified atom stereocenters. The first-order valence-electron chi connectivity index (χ1n) is 12.9. The van der Waals surface area contributed by atoms with Crippen LogP contribution in [-0.2, 0) is 6.42 Å². The average Bonchev–Trinajstić information content (AvgIpc) is 3.36. The van der Waals surface area contributed by atoms with Crippen LogP contribution in [0, 0.1) is 0 Å². The van der Waals surface area contributed by atoms with E-state index in [0.717, 1.165) is 6.42 Å². The van der Waals surface area contributed by atoms with Gasteiger partial charge in [0.2, 0.25) is 0 Å². The highest BCUT2D eigenvalue weighted by Gasteiger charge is 2.24. The predicted molar refractivity (Wildman–Crippen MR) is 156 cm³/mol. The molecular formula is C37H26. The second-order valence-electron chi connectivity index (χ2n) is 9.71. The molecule has 0 aliphatic heterocycles. The molecule has 0 amide bonds. The number of rotatable bonds is 4. The lowest BCUT2D eigenvalue weighted by Gasteiger charge is -2.18. The van der Waals surface area contributed by atoms with Gasteiger partial charge in [-0.15, -0.1) is 0 Å². The zero-order valence-corrected chi connectivity index (χ0v) is 20.6. The van der Waals surface area contributed by atoms with Crippen molar-refractivity contribution in [3.63, 3.8) is 0 Å². The predicted octanol–water partition coefficient (Wildman–Crippen LogP) is 9.93. The van der Waals surface area contributed by atoms with Crippen LogP contribution in [0.2, 0.25) is 0 Å². The van der Waals surface area contributed by atoms with Crippen molar-refractivity contribution < 1.29 is 0 Å².